The number of anilines is 2. The number of ether oxygens (including phenoxy) is 1. The maximum Gasteiger partial charge on any atom is 0.338 e. The van der Waals surface area contributed by atoms with Crippen LogP contribution in [0.1, 0.15) is 63.7 Å². The second-order valence-corrected chi connectivity index (χ2v) is 7.92. The van der Waals surface area contributed by atoms with Gasteiger partial charge in [-0.25, -0.2) is 4.79 Å². The molecular weight excluding hydrogens is 394 g/mol. The van der Waals surface area contributed by atoms with Gasteiger partial charge in [0.05, 0.1) is 23.4 Å². The fraction of sp³-hybridized carbons (Fsp3) is 0.375. The molecule has 0 spiro atoms. The lowest BCUT2D eigenvalue weighted by Gasteiger charge is -2.43. The molecule has 0 bridgehead atoms. The summed E-state index contributed by atoms with van der Waals surface area (Å²) in [6.45, 7) is 2.84. The average molecular weight is 421 g/mol. The van der Waals surface area contributed by atoms with Crippen LogP contribution in [0.4, 0.5) is 11.4 Å². The Morgan fingerprint density at radius 1 is 1.06 bits per heavy atom. The van der Waals surface area contributed by atoms with Crippen molar-refractivity contribution in [2.75, 3.05) is 30.4 Å². The molecule has 2 aliphatic rings. The van der Waals surface area contributed by atoms with Gasteiger partial charge in [-0.3, -0.25) is 9.59 Å². The Hall–Kier alpha value is -3.35. The molecule has 1 saturated heterocycles. The normalized spacial score (nSPS) is 18.0. The summed E-state index contributed by atoms with van der Waals surface area (Å²) in [6.07, 6.45) is 4.23. The van der Waals surface area contributed by atoms with Crippen molar-refractivity contribution in [3.05, 3.63) is 59.2 Å². The van der Waals surface area contributed by atoms with Crippen LogP contribution in [0, 0.1) is 0 Å². The fourth-order valence-corrected chi connectivity index (χ4v) is 4.30. The Kier molecular flexibility index (Phi) is 5.93. The van der Waals surface area contributed by atoms with E-state index in [4.69, 9.17) is 4.74 Å². The monoisotopic (exact) mass is 421 g/mol. The molecule has 1 unspecified atom stereocenters. The molecule has 2 aliphatic heterocycles. The van der Waals surface area contributed by atoms with Crippen LogP contribution in [0.5, 0.6) is 0 Å². The van der Waals surface area contributed by atoms with E-state index in [0.717, 1.165) is 37.9 Å². The Labute approximate surface area is 182 Å². The van der Waals surface area contributed by atoms with Crippen molar-refractivity contribution in [2.45, 2.75) is 38.8 Å². The molecule has 1 fully saturated rings. The van der Waals surface area contributed by atoms with Crippen molar-refractivity contribution >= 4 is 29.2 Å². The third-order valence-electron chi connectivity index (χ3n) is 5.95. The minimum absolute atomic E-state index is 0.0382. The van der Waals surface area contributed by atoms with Gasteiger partial charge in [0.25, 0.3) is 11.8 Å². The zero-order chi connectivity index (χ0) is 22.0. The van der Waals surface area contributed by atoms with Gasteiger partial charge in [-0.15, -0.1) is 0 Å². The van der Waals surface area contributed by atoms with E-state index in [1.807, 2.05) is 11.9 Å². The number of carbonyl (C=O) groups excluding carboxylic acids is 3. The van der Waals surface area contributed by atoms with Gasteiger partial charge in [0.15, 0.2) is 0 Å². The zero-order valence-electron chi connectivity index (χ0n) is 17.9. The Morgan fingerprint density at radius 2 is 1.81 bits per heavy atom. The third-order valence-corrected chi connectivity index (χ3v) is 5.95. The van der Waals surface area contributed by atoms with Gasteiger partial charge in [0.2, 0.25) is 0 Å². The molecule has 0 saturated carbocycles. The standard InChI is InChI=1S/C24H27N3O4/c1-3-31-24(30)16-8-11-18(12-9-16)25-22(28)17-10-13-19-20(15-17)26(2)21-7-5-4-6-14-27(21)23(19)29/h8-13,15,21H,3-7,14H2,1-2H3,(H,25,28). The molecule has 1 N–H and O–H groups in total. The molecule has 2 heterocycles. The van der Waals surface area contributed by atoms with E-state index in [1.54, 1.807) is 49.4 Å². The van der Waals surface area contributed by atoms with E-state index < -0.39 is 5.97 Å². The lowest BCUT2D eigenvalue weighted by Crippen LogP contribution is -2.53. The number of esters is 1. The van der Waals surface area contributed by atoms with E-state index >= 15 is 0 Å². The minimum atomic E-state index is -0.393. The van der Waals surface area contributed by atoms with Crippen LogP contribution in [0.15, 0.2) is 42.5 Å². The van der Waals surface area contributed by atoms with Crippen molar-refractivity contribution in [2.24, 2.45) is 0 Å². The number of amides is 2. The molecule has 7 nitrogen and oxygen atoms in total. The molecule has 1 atom stereocenters. The maximum atomic E-state index is 13.0. The zero-order valence-corrected chi connectivity index (χ0v) is 17.9. The number of hydrogen-bond donors (Lipinski definition) is 1. The highest BCUT2D eigenvalue weighted by atomic mass is 16.5. The number of hydrogen-bond acceptors (Lipinski definition) is 5. The summed E-state index contributed by atoms with van der Waals surface area (Å²) < 4.78 is 4.97. The number of benzene rings is 2. The number of rotatable bonds is 4. The summed E-state index contributed by atoms with van der Waals surface area (Å²) >= 11 is 0. The van der Waals surface area contributed by atoms with Gasteiger partial charge in [0, 0.05) is 24.8 Å². The Balaban J connectivity index is 1.53. The lowest BCUT2D eigenvalue weighted by molar-refractivity contribution is 0.0526. The molecule has 4 rings (SSSR count). The Morgan fingerprint density at radius 3 is 2.55 bits per heavy atom. The van der Waals surface area contributed by atoms with E-state index in [-0.39, 0.29) is 18.0 Å². The quantitative estimate of drug-likeness (QED) is 0.758. The van der Waals surface area contributed by atoms with E-state index in [9.17, 15) is 14.4 Å². The first-order valence-corrected chi connectivity index (χ1v) is 10.8. The minimum Gasteiger partial charge on any atom is -0.462 e. The van der Waals surface area contributed by atoms with Crippen LogP contribution in [0.25, 0.3) is 0 Å². The van der Waals surface area contributed by atoms with Crippen molar-refractivity contribution in [1.29, 1.82) is 0 Å². The average Bonchev–Trinajstić information content (AvgIpc) is 3.04. The summed E-state index contributed by atoms with van der Waals surface area (Å²) in [5.41, 5.74) is 2.92. The Bertz CT molecular complexity index is 1000. The molecule has 0 radical (unpaired) electrons. The molecule has 2 aromatic rings. The molecule has 7 heteroatoms. The topological polar surface area (TPSA) is 79.0 Å². The number of nitrogens with one attached hydrogen (secondary N) is 1. The van der Waals surface area contributed by atoms with Crippen molar-refractivity contribution < 1.29 is 19.1 Å². The molecule has 0 aliphatic carbocycles. The fourth-order valence-electron chi connectivity index (χ4n) is 4.30. The molecule has 31 heavy (non-hydrogen) atoms. The van der Waals surface area contributed by atoms with Gasteiger partial charge < -0.3 is 19.9 Å². The molecule has 162 valence electrons. The first-order valence-electron chi connectivity index (χ1n) is 10.8. The number of nitrogens with zero attached hydrogens (tertiary/aromatic N) is 2. The van der Waals surface area contributed by atoms with Crippen LogP contribution in [-0.2, 0) is 4.74 Å². The van der Waals surface area contributed by atoms with Crippen LogP contribution >= 0.6 is 0 Å². The smallest absolute Gasteiger partial charge is 0.338 e. The van der Waals surface area contributed by atoms with Crippen LogP contribution < -0.4 is 10.2 Å². The highest BCUT2D eigenvalue weighted by Gasteiger charge is 2.36. The molecule has 2 amide bonds. The second kappa shape index (κ2) is 8.79. The lowest BCUT2D eigenvalue weighted by atomic mass is 10.0. The van der Waals surface area contributed by atoms with E-state index in [0.29, 0.717) is 29.0 Å². The van der Waals surface area contributed by atoms with Crippen LogP contribution in [-0.4, -0.2) is 49.0 Å². The predicted molar refractivity (Wildman–Crippen MR) is 118 cm³/mol. The van der Waals surface area contributed by atoms with Gasteiger partial charge in [-0.05, 0) is 68.7 Å². The van der Waals surface area contributed by atoms with Crippen LogP contribution in [0.2, 0.25) is 0 Å². The molecule has 2 aromatic carbocycles. The summed E-state index contributed by atoms with van der Waals surface area (Å²) in [6, 6.07) is 11.8. The van der Waals surface area contributed by atoms with Crippen molar-refractivity contribution in [3.8, 4) is 0 Å². The summed E-state index contributed by atoms with van der Waals surface area (Å²) in [5, 5.41) is 2.85. The maximum absolute atomic E-state index is 13.0. The number of carbonyl (C=O) groups is 3. The highest BCUT2D eigenvalue weighted by molar-refractivity contribution is 6.08. The first kappa shape index (κ1) is 20.9. The predicted octanol–water partition coefficient (Wildman–Crippen LogP) is 3.91. The first-order chi connectivity index (χ1) is 15.0. The van der Waals surface area contributed by atoms with Gasteiger partial charge in [-0.2, -0.15) is 0 Å². The largest absolute Gasteiger partial charge is 0.462 e. The highest BCUT2D eigenvalue weighted by Crippen LogP contribution is 2.34. The van der Waals surface area contributed by atoms with Crippen molar-refractivity contribution in [3.63, 3.8) is 0 Å². The number of fused-ring (bicyclic) bond motifs is 2. The van der Waals surface area contributed by atoms with E-state index in [1.165, 1.54) is 0 Å². The molecule has 0 aromatic heterocycles. The summed E-state index contributed by atoms with van der Waals surface area (Å²) in [4.78, 5) is 41.7. The summed E-state index contributed by atoms with van der Waals surface area (Å²) in [7, 11) is 1.99. The van der Waals surface area contributed by atoms with Crippen LogP contribution in [0.3, 0.4) is 0 Å². The van der Waals surface area contributed by atoms with E-state index in [2.05, 4.69) is 10.2 Å². The van der Waals surface area contributed by atoms with Crippen molar-refractivity contribution in [1.82, 2.24) is 4.90 Å². The van der Waals surface area contributed by atoms with Gasteiger partial charge >= 0.3 is 5.97 Å². The molecular formula is C24H27N3O4. The third kappa shape index (κ3) is 4.13. The summed E-state index contributed by atoms with van der Waals surface area (Å²) in [5.74, 6) is -0.618. The van der Waals surface area contributed by atoms with Gasteiger partial charge in [-0.1, -0.05) is 6.42 Å². The second-order valence-electron chi connectivity index (χ2n) is 7.92. The van der Waals surface area contributed by atoms with Gasteiger partial charge in [0.1, 0.15) is 6.17 Å². The SMILES string of the molecule is CCOC(=O)c1ccc(NC(=O)c2ccc3c(c2)N(C)C2CCCCCN2C3=O)cc1.